The summed E-state index contributed by atoms with van der Waals surface area (Å²) < 4.78 is 5.65. The molecule has 0 radical (unpaired) electrons. The molecule has 49 heavy (non-hydrogen) atoms. The van der Waals surface area contributed by atoms with E-state index in [0.717, 1.165) is 58.8 Å². The van der Waals surface area contributed by atoms with Crippen molar-refractivity contribution in [3.63, 3.8) is 0 Å². The molecule has 0 bridgehead atoms. The fraction of sp³-hybridized carbons (Fsp3) is 0.361. The minimum atomic E-state index is 0.0574. The fourth-order valence-electron chi connectivity index (χ4n) is 6.65. The second-order valence-electron chi connectivity index (χ2n) is 12.6. The quantitative estimate of drug-likeness (QED) is 0.221. The number of carbonyl (C=O) groups excluding carboxylic acids is 2. The predicted molar refractivity (Wildman–Crippen MR) is 192 cm³/mol. The summed E-state index contributed by atoms with van der Waals surface area (Å²) in [5.41, 5.74) is 5.46. The molecule has 0 spiro atoms. The second kappa shape index (κ2) is 14.7. The highest BCUT2D eigenvalue weighted by Crippen LogP contribution is 2.40. The average Bonchev–Trinajstić information content (AvgIpc) is 3.84. The number of nitrogens with one attached hydrogen (secondary N) is 4. The smallest absolute Gasteiger partial charge is 0.220 e. The number of amidine groups is 1. The number of fused-ring (bicyclic) bond motifs is 1. The van der Waals surface area contributed by atoms with Crippen molar-refractivity contribution < 1.29 is 14.3 Å². The number of allylic oxidation sites excluding steroid dienone is 1. The monoisotopic (exact) mass is 700 g/mol. The van der Waals surface area contributed by atoms with Crippen LogP contribution in [0.5, 0.6) is 5.88 Å². The third-order valence-electron chi connectivity index (χ3n) is 9.20. The van der Waals surface area contributed by atoms with E-state index in [1.165, 1.54) is 0 Å². The highest BCUT2D eigenvalue weighted by atomic mass is 35.5. The fourth-order valence-corrected chi connectivity index (χ4v) is 7.30. The molecule has 3 atom stereocenters. The number of methoxy groups -OCH3 is 1. The average molecular weight is 702 g/mol. The number of nitrogens with zero attached hydrogens (tertiary/aromatic N) is 4. The Hall–Kier alpha value is -4.29. The first kappa shape index (κ1) is 33.2. The van der Waals surface area contributed by atoms with Gasteiger partial charge >= 0.3 is 0 Å². The summed E-state index contributed by atoms with van der Waals surface area (Å²) in [7, 11) is 1.60. The minimum absolute atomic E-state index is 0.0574. The van der Waals surface area contributed by atoms with Crippen LogP contribution < -0.4 is 26.0 Å². The maximum atomic E-state index is 11.5. The van der Waals surface area contributed by atoms with Crippen LogP contribution in [0.25, 0.3) is 22.4 Å². The lowest BCUT2D eigenvalue weighted by Crippen LogP contribution is -2.39. The van der Waals surface area contributed by atoms with E-state index >= 15 is 0 Å². The van der Waals surface area contributed by atoms with E-state index < -0.39 is 0 Å². The number of amides is 2. The van der Waals surface area contributed by atoms with Gasteiger partial charge in [0.2, 0.25) is 17.7 Å². The van der Waals surface area contributed by atoms with Crippen LogP contribution in [0.1, 0.15) is 36.8 Å². The van der Waals surface area contributed by atoms with Gasteiger partial charge in [-0.15, -0.1) is 0 Å². The molecule has 7 rings (SSSR count). The Morgan fingerprint density at radius 3 is 2.16 bits per heavy atom. The number of hydrogen-bond donors (Lipinski definition) is 4. The Kier molecular flexibility index (Phi) is 9.95. The normalized spacial score (nSPS) is 21.4. The Bertz CT molecular complexity index is 1860. The van der Waals surface area contributed by atoms with Crippen LogP contribution >= 0.6 is 23.2 Å². The standard InChI is InChI=1S/C36H38Cl2N8O3/c1-49-36-21(16-39-17-22-9-14-32(47)42-22)8-11-29(44-36)27-6-2-4-25(34(27)37)26-5-3-7-28(35(26)38)30-12-13-31-41-24(20-46(31)45-30)19-40-18-23-10-15-33(48)43-23/h2-8,11-13,22-24,39-40H,9-10,14-20H2,1H3,(H,42,47)(H,43,48)/t22-,23-,24?/m0/s1. The molecule has 1 unspecified atom stereocenters. The summed E-state index contributed by atoms with van der Waals surface area (Å²) in [5, 5.41) is 20.7. The molecular weight excluding hydrogens is 663 g/mol. The van der Waals surface area contributed by atoms with Crippen LogP contribution in [-0.2, 0) is 16.1 Å². The van der Waals surface area contributed by atoms with Crippen LogP contribution in [0.2, 0.25) is 10.0 Å². The number of ether oxygens (including phenoxy) is 1. The number of benzene rings is 2. The number of aromatic nitrogens is 1. The van der Waals surface area contributed by atoms with Crippen LogP contribution in [0.15, 0.2) is 70.8 Å². The van der Waals surface area contributed by atoms with Crippen molar-refractivity contribution in [2.24, 2.45) is 10.1 Å². The van der Waals surface area contributed by atoms with Crippen molar-refractivity contribution in [1.29, 1.82) is 0 Å². The minimum Gasteiger partial charge on any atom is -0.481 e. The predicted octanol–water partition coefficient (Wildman–Crippen LogP) is 4.32. The molecule has 2 amide bonds. The first-order valence-corrected chi connectivity index (χ1v) is 17.4. The van der Waals surface area contributed by atoms with E-state index in [9.17, 15) is 9.59 Å². The molecule has 0 aliphatic carbocycles. The summed E-state index contributed by atoms with van der Waals surface area (Å²) >= 11 is 14.2. The number of halogens is 2. The molecule has 2 fully saturated rings. The van der Waals surface area contributed by atoms with Crippen molar-refractivity contribution >= 4 is 46.6 Å². The van der Waals surface area contributed by atoms with Crippen molar-refractivity contribution in [1.82, 2.24) is 31.3 Å². The zero-order valence-corrected chi connectivity index (χ0v) is 28.7. The number of rotatable bonds is 12. The van der Waals surface area contributed by atoms with E-state index in [4.69, 9.17) is 43.0 Å². The van der Waals surface area contributed by atoms with E-state index in [-0.39, 0.29) is 29.9 Å². The Labute approximate surface area is 295 Å². The zero-order chi connectivity index (χ0) is 33.9. The maximum Gasteiger partial charge on any atom is 0.220 e. The molecule has 4 N–H and O–H groups in total. The lowest BCUT2D eigenvalue weighted by Gasteiger charge is -2.20. The Morgan fingerprint density at radius 1 is 0.837 bits per heavy atom. The lowest BCUT2D eigenvalue weighted by atomic mass is 9.97. The summed E-state index contributed by atoms with van der Waals surface area (Å²) in [4.78, 5) is 32.6. The molecule has 5 heterocycles. The van der Waals surface area contributed by atoms with Crippen molar-refractivity contribution in [2.75, 3.05) is 33.3 Å². The molecule has 4 aliphatic rings. The van der Waals surface area contributed by atoms with Gasteiger partial charge in [0.05, 0.1) is 41.1 Å². The third-order valence-corrected chi connectivity index (χ3v) is 10.0. The highest BCUT2D eigenvalue weighted by molar-refractivity contribution is 6.40. The van der Waals surface area contributed by atoms with E-state index in [1.807, 2.05) is 65.7 Å². The number of carbonyl (C=O) groups is 2. The molecule has 2 saturated heterocycles. The molecule has 254 valence electrons. The van der Waals surface area contributed by atoms with Crippen molar-refractivity contribution in [3.8, 4) is 28.3 Å². The molecule has 4 aliphatic heterocycles. The maximum absolute atomic E-state index is 11.5. The first-order chi connectivity index (χ1) is 23.9. The van der Waals surface area contributed by atoms with Gasteiger partial charge < -0.3 is 26.0 Å². The van der Waals surface area contributed by atoms with Crippen molar-refractivity contribution in [3.05, 3.63) is 81.9 Å². The van der Waals surface area contributed by atoms with Crippen molar-refractivity contribution in [2.45, 2.75) is 50.4 Å². The van der Waals surface area contributed by atoms with Gasteiger partial charge in [-0.25, -0.2) is 9.99 Å². The first-order valence-electron chi connectivity index (χ1n) is 16.6. The summed E-state index contributed by atoms with van der Waals surface area (Å²) in [5.74, 6) is 1.55. The Morgan fingerprint density at radius 2 is 1.49 bits per heavy atom. The summed E-state index contributed by atoms with van der Waals surface area (Å²) in [6.45, 7) is 3.33. The molecular formula is C36H38Cl2N8O3. The third kappa shape index (κ3) is 7.35. The highest BCUT2D eigenvalue weighted by Gasteiger charge is 2.28. The van der Waals surface area contributed by atoms with E-state index in [0.29, 0.717) is 60.6 Å². The molecule has 11 nitrogen and oxygen atoms in total. The largest absolute Gasteiger partial charge is 0.481 e. The van der Waals surface area contributed by atoms with E-state index in [2.05, 4.69) is 21.3 Å². The van der Waals surface area contributed by atoms with Crippen LogP contribution in [0.3, 0.4) is 0 Å². The van der Waals surface area contributed by atoms with Gasteiger partial charge in [-0.1, -0.05) is 65.7 Å². The van der Waals surface area contributed by atoms with Crippen LogP contribution in [0.4, 0.5) is 0 Å². The van der Waals surface area contributed by atoms with Crippen LogP contribution in [-0.4, -0.2) is 84.8 Å². The topological polar surface area (TPSA) is 132 Å². The van der Waals surface area contributed by atoms with Gasteiger partial charge in [0.1, 0.15) is 5.84 Å². The van der Waals surface area contributed by atoms with Gasteiger partial charge in [-0.3, -0.25) is 14.6 Å². The van der Waals surface area contributed by atoms with Gasteiger partial charge in [0.25, 0.3) is 0 Å². The molecule has 13 heteroatoms. The summed E-state index contributed by atoms with van der Waals surface area (Å²) in [6, 6.07) is 16.0. The van der Waals surface area contributed by atoms with Gasteiger partial charge in [0.15, 0.2) is 0 Å². The zero-order valence-electron chi connectivity index (χ0n) is 27.1. The number of pyridine rings is 1. The van der Waals surface area contributed by atoms with Crippen LogP contribution in [0, 0.1) is 0 Å². The summed E-state index contributed by atoms with van der Waals surface area (Å²) in [6.07, 6.45) is 6.79. The number of aliphatic imine (C=N–C) groups is 1. The van der Waals surface area contributed by atoms with E-state index in [1.54, 1.807) is 7.11 Å². The molecule has 1 aromatic heterocycles. The molecule has 2 aromatic carbocycles. The van der Waals surface area contributed by atoms with Gasteiger partial charge in [-0.2, -0.15) is 5.10 Å². The van der Waals surface area contributed by atoms with Gasteiger partial charge in [0, 0.05) is 78.9 Å². The lowest BCUT2D eigenvalue weighted by molar-refractivity contribution is -0.120. The number of hydrogen-bond acceptors (Lipinski definition) is 9. The Balaban J connectivity index is 1.05. The number of hydrazone groups is 1. The molecule has 3 aromatic rings. The second-order valence-corrected chi connectivity index (χ2v) is 13.4. The molecule has 0 saturated carbocycles. The SMILES string of the molecule is COc1nc(-c2cccc(-c3cccc(C4=NN5CC(CNC[C@@H]6CCC(=O)N6)N=C5C=C4)c3Cl)c2Cl)ccc1CNC[C@@H]1CCC(=O)N1. The van der Waals surface area contributed by atoms with Gasteiger partial charge in [-0.05, 0) is 31.1 Å².